The Labute approximate surface area is 143 Å². The van der Waals surface area contributed by atoms with E-state index in [0.29, 0.717) is 0 Å². The number of benzene rings is 3. The average Bonchev–Trinajstić information content (AvgIpc) is 3.22. The van der Waals surface area contributed by atoms with Gasteiger partial charge in [-0.3, -0.25) is 0 Å². The summed E-state index contributed by atoms with van der Waals surface area (Å²) in [6.07, 6.45) is 3.89. The van der Waals surface area contributed by atoms with Gasteiger partial charge < -0.3 is 15.1 Å². The first kappa shape index (κ1) is 13.1. The van der Waals surface area contributed by atoms with Crippen molar-refractivity contribution in [3.63, 3.8) is 0 Å². The van der Waals surface area contributed by atoms with Crippen molar-refractivity contribution < 1.29 is 5.11 Å². The minimum absolute atomic E-state index is 0.276. The van der Waals surface area contributed by atoms with Gasteiger partial charge in [-0.05, 0) is 35.6 Å². The van der Waals surface area contributed by atoms with Crippen LogP contribution in [0.2, 0.25) is 0 Å². The fraction of sp³-hybridized carbons (Fsp3) is 0.0909. The summed E-state index contributed by atoms with van der Waals surface area (Å²) in [6, 6.07) is 17.0. The first-order chi connectivity index (χ1) is 12.3. The number of para-hydroxylation sites is 1. The molecule has 3 nitrogen and oxygen atoms in total. The number of aromatic nitrogens is 2. The smallest absolute Gasteiger partial charge is 0.196 e. The lowest BCUT2D eigenvalue weighted by Gasteiger charge is -2.22. The largest absolute Gasteiger partial charge is 0.494 e. The Hall–Kier alpha value is -3.20. The van der Waals surface area contributed by atoms with Crippen LogP contribution >= 0.6 is 0 Å². The number of aromatic hydroxyl groups is 1. The molecule has 0 fully saturated rings. The quantitative estimate of drug-likeness (QED) is 0.357. The Kier molecular flexibility index (Phi) is 2.34. The number of H-pyrrole nitrogens is 2. The van der Waals surface area contributed by atoms with Gasteiger partial charge in [0.05, 0.1) is 5.52 Å². The van der Waals surface area contributed by atoms with E-state index >= 15 is 0 Å². The van der Waals surface area contributed by atoms with Crippen LogP contribution in [0.3, 0.4) is 0 Å². The topological polar surface area (TPSA) is 51.8 Å². The molecule has 0 unspecified atom stereocenters. The summed E-state index contributed by atoms with van der Waals surface area (Å²) in [4.78, 5) is 6.69. The highest BCUT2D eigenvalue weighted by Crippen LogP contribution is 2.47. The Balaban J connectivity index is 1.95. The van der Waals surface area contributed by atoms with Crippen molar-refractivity contribution in [3.05, 3.63) is 65.9 Å². The van der Waals surface area contributed by atoms with Crippen molar-refractivity contribution in [2.75, 3.05) is 0 Å². The summed E-state index contributed by atoms with van der Waals surface area (Å²) in [5, 5.41) is 15.0. The van der Waals surface area contributed by atoms with Crippen LogP contribution in [0.15, 0.2) is 54.7 Å². The maximum absolute atomic E-state index is 10.5. The second kappa shape index (κ2) is 4.45. The van der Waals surface area contributed by atoms with Crippen LogP contribution < -0.4 is 0 Å². The molecule has 6 rings (SSSR count). The Morgan fingerprint density at radius 3 is 2.64 bits per heavy atom. The molecule has 0 amide bonds. The zero-order chi connectivity index (χ0) is 16.5. The van der Waals surface area contributed by atoms with Gasteiger partial charge >= 0.3 is 0 Å². The van der Waals surface area contributed by atoms with Crippen molar-refractivity contribution in [1.82, 2.24) is 9.97 Å². The summed E-state index contributed by atoms with van der Waals surface area (Å²) in [6.45, 7) is 0. The number of aromatic amines is 2. The van der Waals surface area contributed by atoms with E-state index in [4.69, 9.17) is 0 Å². The molecule has 3 heteroatoms. The molecule has 1 aliphatic carbocycles. The van der Waals surface area contributed by atoms with E-state index in [2.05, 4.69) is 58.5 Å². The van der Waals surface area contributed by atoms with E-state index in [1.54, 1.807) is 0 Å². The monoisotopic (exact) mass is 324 g/mol. The molecule has 3 aromatic carbocycles. The summed E-state index contributed by atoms with van der Waals surface area (Å²) in [7, 11) is 0. The molecule has 0 radical (unpaired) electrons. The third-order valence-corrected chi connectivity index (χ3v) is 5.62. The molecule has 0 aliphatic heterocycles. The van der Waals surface area contributed by atoms with Crippen molar-refractivity contribution in [2.45, 2.75) is 12.8 Å². The van der Waals surface area contributed by atoms with Gasteiger partial charge in [-0.2, -0.15) is 0 Å². The maximum Gasteiger partial charge on any atom is 0.196 e. The maximum atomic E-state index is 10.5. The molecular formula is C22H16N2O. The van der Waals surface area contributed by atoms with Crippen LogP contribution in [-0.2, 0) is 12.8 Å². The molecule has 0 spiro atoms. The minimum Gasteiger partial charge on any atom is -0.494 e. The lowest BCUT2D eigenvalue weighted by Crippen LogP contribution is -2.05. The summed E-state index contributed by atoms with van der Waals surface area (Å²) < 4.78 is 0. The molecule has 0 bridgehead atoms. The number of hydrogen-bond acceptors (Lipinski definition) is 1. The zero-order valence-corrected chi connectivity index (χ0v) is 13.6. The minimum atomic E-state index is 0.276. The number of aryl methyl sites for hydroxylation is 2. The molecule has 0 atom stereocenters. The molecule has 2 aromatic heterocycles. The zero-order valence-electron chi connectivity index (χ0n) is 13.6. The van der Waals surface area contributed by atoms with E-state index in [-0.39, 0.29) is 5.88 Å². The Morgan fingerprint density at radius 2 is 1.68 bits per heavy atom. The summed E-state index contributed by atoms with van der Waals surface area (Å²) in [5.41, 5.74) is 7.46. The van der Waals surface area contributed by atoms with Gasteiger partial charge in [-0.15, -0.1) is 0 Å². The molecule has 1 aliphatic rings. The van der Waals surface area contributed by atoms with Gasteiger partial charge in [0.1, 0.15) is 0 Å². The van der Waals surface area contributed by atoms with E-state index in [9.17, 15) is 5.11 Å². The van der Waals surface area contributed by atoms with E-state index in [1.807, 2.05) is 6.20 Å². The van der Waals surface area contributed by atoms with Crippen molar-refractivity contribution >= 4 is 32.6 Å². The third kappa shape index (κ3) is 1.55. The van der Waals surface area contributed by atoms with Crippen LogP contribution in [0.4, 0.5) is 0 Å². The predicted octanol–water partition coefficient (Wildman–Crippen LogP) is 5.27. The van der Waals surface area contributed by atoms with Gasteiger partial charge in [0.2, 0.25) is 0 Å². The number of nitrogens with one attached hydrogen (secondary N) is 2. The van der Waals surface area contributed by atoms with Crippen molar-refractivity contribution in [3.8, 4) is 17.0 Å². The Morgan fingerprint density at radius 1 is 0.840 bits per heavy atom. The Bertz CT molecular complexity index is 1310. The number of fused-ring (bicyclic) bond motifs is 10. The lowest BCUT2D eigenvalue weighted by molar-refractivity contribution is 0.462. The molecule has 5 aromatic rings. The molecule has 0 saturated carbocycles. The highest BCUT2D eigenvalue weighted by atomic mass is 16.3. The third-order valence-electron chi connectivity index (χ3n) is 5.62. The lowest BCUT2D eigenvalue weighted by atomic mass is 9.82. The van der Waals surface area contributed by atoms with E-state index in [1.165, 1.54) is 38.5 Å². The predicted molar refractivity (Wildman–Crippen MR) is 102 cm³/mol. The van der Waals surface area contributed by atoms with Crippen molar-refractivity contribution in [1.29, 1.82) is 0 Å². The van der Waals surface area contributed by atoms with Gasteiger partial charge in [0, 0.05) is 38.8 Å². The van der Waals surface area contributed by atoms with Crippen LogP contribution in [0, 0.1) is 0 Å². The SMILES string of the molecule is Oc1[nH]cc2c1c1c(c3[nH]c4ccccc4c32)-c2ccccc2CC1. The first-order valence-electron chi connectivity index (χ1n) is 8.66. The van der Waals surface area contributed by atoms with Gasteiger partial charge in [0.15, 0.2) is 5.88 Å². The van der Waals surface area contributed by atoms with Gasteiger partial charge in [-0.25, -0.2) is 0 Å². The second-order valence-corrected chi connectivity index (χ2v) is 6.86. The summed E-state index contributed by atoms with van der Waals surface area (Å²) >= 11 is 0. The van der Waals surface area contributed by atoms with Crippen LogP contribution in [0.1, 0.15) is 11.1 Å². The van der Waals surface area contributed by atoms with Crippen LogP contribution in [0.25, 0.3) is 43.7 Å². The standard InChI is InChI=1S/C22H16N2O/c25-22-20-15-10-9-12-5-1-2-6-13(12)18(15)21-19(16(20)11-23-22)14-7-3-4-8-17(14)24-21/h1-8,11,23-25H,9-10H2. The number of hydrogen-bond donors (Lipinski definition) is 3. The van der Waals surface area contributed by atoms with E-state index < -0.39 is 0 Å². The molecule has 2 heterocycles. The highest BCUT2D eigenvalue weighted by molar-refractivity contribution is 6.26. The molecule has 120 valence electrons. The van der Waals surface area contributed by atoms with Gasteiger partial charge in [-0.1, -0.05) is 42.5 Å². The molecule has 25 heavy (non-hydrogen) atoms. The molecule has 0 saturated heterocycles. The molecule has 3 N–H and O–H groups in total. The molecular weight excluding hydrogens is 308 g/mol. The second-order valence-electron chi connectivity index (χ2n) is 6.86. The van der Waals surface area contributed by atoms with E-state index in [0.717, 1.165) is 29.1 Å². The van der Waals surface area contributed by atoms with Crippen LogP contribution in [0.5, 0.6) is 5.88 Å². The normalized spacial score (nSPS) is 13.4. The van der Waals surface area contributed by atoms with Crippen molar-refractivity contribution in [2.24, 2.45) is 0 Å². The van der Waals surface area contributed by atoms with Crippen LogP contribution in [-0.4, -0.2) is 15.1 Å². The average molecular weight is 324 g/mol. The summed E-state index contributed by atoms with van der Waals surface area (Å²) in [5.74, 6) is 0.276. The fourth-order valence-electron chi connectivity index (χ4n) is 4.59. The number of rotatable bonds is 0. The fourth-order valence-corrected chi connectivity index (χ4v) is 4.59. The highest BCUT2D eigenvalue weighted by Gasteiger charge is 2.25. The first-order valence-corrected chi connectivity index (χ1v) is 8.66. The van der Waals surface area contributed by atoms with Gasteiger partial charge in [0.25, 0.3) is 0 Å².